The molecule has 3 heterocycles. The largest absolute Gasteiger partial charge is 0.378 e. The minimum Gasteiger partial charge on any atom is -0.378 e. The van der Waals surface area contributed by atoms with Crippen LogP contribution in [0.15, 0.2) is 18.3 Å². The highest BCUT2D eigenvalue weighted by atomic mass is 35.5. The molecule has 19 heavy (non-hydrogen) atoms. The fourth-order valence-corrected chi connectivity index (χ4v) is 2.22. The zero-order chi connectivity index (χ0) is 13.2. The van der Waals surface area contributed by atoms with Crippen molar-refractivity contribution in [2.75, 3.05) is 26.3 Å². The lowest BCUT2D eigenvalue weighted by Gasteiger charge is -2.26. The molecule has 0 bridgehead atoms. The molecule has 1 fully saturated rings. The zero-order valence-electron chi connectivity index (χ0n) is 10.3. The summed E-state index contributed by atoms with van der Waals surface area (Å²) >= 11 is 5.81. The summed E-state index contributed by atoms with van der Waals surface area (Å²) in [5.41, 5.74) is 1.39. The Kier molecular flexibility index (Phi) is 3.35. The number of rotatable bonds is 2. The summed E-state index contributed by atoms with van der Waals surface area (Å²) in [6.45, 7) is 2.51. The van der Waals surface area contributed by atoms with Crippen molar-refractivity contribution in [3.8, 4) is 0 Å². The summed E-state index contributed by atoms with van der Waals surface area (Å²) in [7, 11) is 0. The van der Waals surface area contributed by atoms with Crippen molar-refractivity contribution >= 4 is 23.2 Å². The van der Waals surface area contributed by atoms with Gasteiger partial charge in [-0.2, -0.15) is 5.10 Å². The van der Waals surface area contributed by atoms with Gasteiger partial charge in [-0.1, -0.05) is 11.6 Å². The molecule has 0 spiro atoms. The van der Waals surface area contributed by atoms with Crippen LogP contribution >= 0.6 is 11.6 Å². The molecule has 1 amide bonds. The van der Waals surface area contributed by atoms with E-state index in [2.05, 4.69) is 10.1 Å². The van der Waals surface area contributed by atoms with E-state index in [1.54, 1.807) is 27.7 Å². The quantitative estimate of drug-likeness (QED) is 0.816. The minimum absolute atomic E-state index is 0.0674. The highest BCUT2D eigenvalue weighted by molar-refractivity contribution is 6.29. The second kappa shape index (κ2) is 5.14. The number of fused-ring (bicyclic) bond motifs is 1. The second-order valence-corrected chi connectivity index (χ2v) is 4.75. The third-order valence-electron chi connectivity index (χ3n) is 3.03. The molecule has 0 unspecified atom stereocenters. The Morgan fingerprint density at radius 3 is 2.95 bits per heavy atom. The molecule has 6 nitrogen and oxygen atoms in total. The van der Waals surface area contributed by atoms with E-state index >= 15 is 0 Å². The maximum Gasteiger partial charge on any atom is 0.228 e. The molecule has 0 aliphatic carbocycles. The van der Waals surface area contributed by atoms with Crippen LogP contribution in [-0.4, -0.2) is 51.7 Å². The maximum atomic E-state index is 12.1. The van der Waals surface area contributed by atoms with Crippen molar-refractivity contribution in [2.24, 2.45) is 0 Å². The standard InChI is InChI=1S/C12H13ClN4O2/c13-10-1-2-11-14-9(8-17(11)15-10)7-12(18)16-3-5-19-6-4-16/h1-2,8H,3-7H2. The molecule has 7 heteroatoms. The third kappa shape index (κ3) is 2.69. The molecule has 0 aromatic carbocycles. The number of nitrogens with zero attached hydrogens (tertiary/aromatic N) is 4. The first-order valence-corrected chi connectivity index (χ1v) is 6.46. The number of imidazole rings is 1. The SMILES string of the molecule is O=C(Cc1cn2nc(Cl)ccc2n1)N1CCOCC1. The van der Waals surface area contributed by atoms with Gasteiger partial charge >= 0.3 is 0 Å². The molecular formula is C12H13ClN4O2. The first-order chi connectivity index (χ1) is 9.22. The Morgan fingerprint density at radius 1 is 1.37 bits per heavy atom. The van der Waals surface area contributed by atoms with Crippen LogP contribution < -0.4 is 0 Å². The molecule has 1 saturated heterocycles. The van der Waals surface area contributed by atoms with Crippen LogP contribution in [0, 0.1) is 0 Å². The number of amides is 1. The van der Waals surface area contributed by atoms with Crippen LogP contribution in [0.25, 0.3) is 5.65 Å². The average Bonchev–Trinajstić information content (AvgIpc) is 2.81. The van der Waals surface area contributed by atoms with Gasteiger partial charge in [-0.25, -0.2) is 9.50 Å². The van der Waals surface area contributed by atoms with E-state index in [0.29, 0.717) is 42.8 Å². The molecule has 0 radical (unpaired) electrons. The topological polar surface area (TPSA) is 59.7 Å². The van der Waals surface area contributed by atoms with Gasteiger partial charge in [-0.05, 0) is 12.1 Å². The van der Waals surface area contributed by atoms with E-state index in [0.717, 1.165) is 0 Å². The number of hydrogen-bond acceptors (Lipinski definition) is 4. The van der Waals surface area contributed by atoms with E-state index in [9.17, 15) is 4.79 Å². The molecule has 100 valence electrons. The van der Waals surface area contributed by atoms with Crippen molar-refractivity contribution in [3.63, 3.8) is 0 Å². The lowest BCUT2D eigenvalue weighted by molar-refractivity contribution is -0.134. The number of morpholine rings is 1. The first-order valence-electron chi connectivity index (χ1n) is 6.09. The Morgan fingerprint density at radius 2 is 2.16 bits per heavy atom. The fraction of sp³-hybridized carbons (Fsp3) is 0.417. The van der Waals surface area contributed by atoms with Gasteiger partial charge in [0, 0.05) is 13.1 Å². The smallest absolute Gasteiger partial charge is 0.228 e. The normalized spacial score (nSPS) is 15.9. The van der Waals surface area contributed by atoms with Crippen molar-refractivity contribution < 1.29 is 9.53 Å². The Hall–Kier alpha value is -1.66. The van der Waals surface area contributed by atoms with E-state index in [-0.39, 0.29) is 12.3 Å². The number of halogens is 1. The van der Waals surface area contributed by atoms with Crippen LogP contribution in [0.3, 0.4) is 0 Å². The van der Waals surface area contributed by atoms with Gasteiger partial charge in [0.1, 0.15) is 5.15 Å². The van der Waals surface area contributed by atoms with Gasteiger partial charge in [0.05, 0.1) is 31.5 Å². The van der Waals surface area contributed by atoms with Gasteiger partial charge < -0.3 is 9.64 Å². The van der Waals surface area contributed by atoms with Gasteiger partial charge in [0.25, 0.3) is 0 Å². The molecule has 2 aromatic heterocycles. The van der Waals surface area contributed by atoms with Crippen LogP contribution in [0.1, 0.15) is 5.69 Å². The lowest BCUT2D eigenvalue weighted by atomic mass is 10.3. The predicted molar refractivity (Wildman–Crippen MR) is 69.1 cm³/mol. The molecule has 1 aliphatic heterocycles. The minimum atomic E-state index is 0.0674. The fourth-order valence-electron chi connectivity index (χ4n) is 2.07. The second-order valence-electron chi connectivity index (χ2n) is 4.36. The van der Waals surface area contributed by atoms with Crippen LogP contribution in [0.2, 0.25) is 5.15 Å². The van der Waals surface area contributed by atoms with Crippen molar-refractivity contribution in [2.45, 2.75) is 6.42 Å². The summed E-state index contributed by atoms with van der Waals surface area (Å²) in [6.07, 6.45) is 2.01. The summed E-state index contributed by atoms with van der Waals surface area (Å²) in [5, 5.41) is 4.49. The number of aromatic nitrogens is 3. The average molecular weight is 281 g/mol. The molecular weight excluding hydrogens is 268 g/mol. The Balaban J connectivity index is 1.75. The highest BCUT2D eigenvalue weighted by Gasteiger charge is 2.18. The van der Waals surface area contributed by atoms with Gasteiger partial charge in [0.15, 0.2) is 5.65 Å². The Bertz CT molecular complexity index is 607. The molecule has 1 aliphatic rings. The first kappa shape index (κ1) is 12.4. The van der Waals surface area contributed by atoms with Crippen molar-refractivity contribution in [1.82, 2.24) is 19.5 Å². The van der Waals surface area contributed by atoms with Crippen LogP contribution in [0.4, 0.5) is 0 Å². The summed E-state index contributed by atoms with van der Waals surface area (Å²) < 4.78 is 6.81. The summed E-state index contributed by atoms with van der Waals surface area (Å²) in [4.78, 5) is 18.2. The Labute approximate surface area is 114 Å². The number of hydrogen-bond donors (Lipinski definition) is 0. The molecule has 2 aromatic rings. The van der Waals surface area contributed by atoms with E-state index in [1.807, 2.05) is 0 Å². The van der Waals surface area contributed by atoms with E-state index < -0.39 is 0 Å². The molecule has 0 atom stereocenters. The third-order valence-corrected chi connectivity index (χ3v) is 3.24. The number of carbonyl (C=O) groups excluding carboxylic acids is 1. The van der Waals surface area contributed by atoms with Crippen molar-refractivity contribution in [3.05, 3.63) is 29.2 Å². The molecule has 0 N–H and O–H groups in total. The van der Waals surface area contributed by atoms with E-state index in [4.69, 9.17) is 16.3 Å². The summed E-state index contributed by atoms with van der Waals surface area (Å²) in [6, 6.07) is 3.45. The number of carbonyl (C=O) groups is 1. The van der Waals surface area contributed by atoms with Gasteiger partial charge in [-0.3, -0.25) is 4.79 Å². The molecule has 0 saturated carbocycles. The van der Waals surface area contributed by atoms with Crippen LogP contribution in [-0.2, 0) is 16.0 Å². The lowest BCUT2D eigenvalue weighted by Crippen LogP contribution is -2.41. The van der Waals surface area contributed by atoms with Gasteiger partial charge in [0.2, 0.25) is 5.91 Å². The van der Waals surface area contributed by atoms with Gasteiger partial charge in [-0.15, -0.1) is 0 Å². The zero-order valence-corrected chi connectivity index (χ0v) is 11.0. The maximum absolute atomic E-state index is 12.1. The van der Waals surface area contributed by atoms with E-state index in [1.165, 1.54) is 0 Å². The summed E-state index contributed by atoms with van der Waals surface area (Å²) in [5.74, 6) is 0.0674. The predicted octanol–water partition coefficient (Wildman–Crippen LogP) is 0.784. The monoisotopic (exact) mass is 280 g/mol. The molecule has 3 rings (SSSR count). The van der Waals surface area contributed by atoms with Crippen molar-refractivity contribution in [1.29, 1.82) is 0 Å². The highest BCUT2D eigenvalue weighted by Crippen LogP contribution is 2.10. The number of ether oxygens (including phenoxy) is 1. The van der Waals surface area contributed by atoms with Crippen LogP contribution in [0.5, 0.6) is 0 Å².